The Bertz CT molecular complexity index is 499. The molecule has 0 fully saturated rings. The van der Waals surface area contributed by atoms with Crippen LogP contribution in [0.4, 0.5) is 5.69 Å². The second kappa shape index (κ2) is 6.51. The molecule has 5 nitrogen and oxygen atoms in total. The molecule has 0 atom stereocenters. The molecule has 0 radical (unpaired) electrons. The number of aliphatic hydroxyl groups is 1. The largest absolute Gasteiger partial charge is 0.398 e. The van der Waals surface area contributed by atoms with Crippen molar-refractivity contribution in [3.05, 3.63) is 22.7 Å². The van der Waals surface area contributed by atoms with Crippen molar-refractivity contribution in [2.75, 3.05) is 25.4 Å². The number of hydrogen-bond donors (Lipinski definition) is 2. The molecule has 18 heavy (non-hydrogen) atoms. The summed E-state index contributed by atoms with van der Waals surface area (Å²) in [5.74, 6) is 0. The summed E-state index contributed by atoms with van der Waals surface area (Å²) in [5.41, 5.74) is 5.94. The van der Waals surface area contributed by atoms with Gasteiger partial charge in [-0.3, -0.25) is 0 Å². The number of benzene rings is 1. The van der Waals surface area contributed by atoms with Crippen LogP contribution in [0.5, 0.6) is 0 Å². The monoisotopic (exact) mass is 336 g/mol. The smallest absolute Gasteiger partial charge is 0.245 e. The minimum Gasteiger partial charge on any atom is -0.398 e. The predicted octanol–water partition coefficient (Wildman–Crippen LogP) is 1.42. The first kappa shape index (κ1) is 15.4. The summed E-state index contributed by atoms with van der Waals surface area (Å²) < 4.78 is 26.7. The zero-order chi connectivity index (χ0) is 13.8. The molecule has 0 aliphatic rings. The Morgan fingerprint density at radius 3 is 2.56 bits per heavy atom. The van der Waals surface area contributed by atoms with Crippen LogP contribution in [0.3, 0.4) is 0 Å². The number of nitrogens with zero attached hydrogens (tertiary/aromatic N) is 1. The summed E-state index contributed by atoms with van der Waals surface area (Å²) in [6, 6.07) is 4.65. The third-order valence-electron chi connectivity index (χ3n) is 2.41. The van der Waals surface area contributed by atoms with Crippen molar-refractivity contribution >= 4 is 31.6 Å². The van der Waals surface area contributed by atoms with E-state index in [-0.39, 0.29) is 23.7 Å². The van der Waals surface area contributed by atoms with Gasteiger partial charge in [-0.25, -0.2) is 8.42 Å². The average Bonchev–Trinajstić information content (AvgIpc) is 2.28. The highest BCUT2D eigenvalue weighted by molar-refractivity contribution is 9.10. The van der Waals surface area contributed by atoms with Gasteiger partial charge in [-0.15, -0.1) is 0 Å². The molecule has 0 bridgehead atoms. The molecule has 0 aliphatic carbocycles. The lowest BCUT2D eigenvalue weighted by Crippen LogP contribution is -2.34. The number of hydrogen-bond acceptors (Lipinski definition) is 4. The van der Waals surface area contributed by atoms with Crippen LogP contribution in [0.2, 0.25) is 0 Å². The molecule has 0 heterocycles. The Kier molecular flexibility index (Phi) is 5.58. The van der Waals surface area contributed by atoms with E-state index in [4.69, 9.17) is 10.8 Å². The maximum atomic E-state index is 12.4. The van der Waals surface area contributed by atoms with Gasteiger partial charge in [-0.2, -0.15) is 4.31 Å². The number of halogens is 1. The van der Waals surface area contributed by atoms with Crippen molar-refractivity contribution in [3.63, 3.8) is 0 Å². The first-order valence-electron chi connectivity index (χ1n) is 5.59. The van der Waals surface area contributed by atoms with Crippen LogP contribution in [0.25, 0.3) is 0 Å². The summed E-state index contributed by atoms with van der Waals surface area (Å²) in [6.07, 6.45) is 0.676. The molecule has 0 spiro atoms. The maximum Gasteiger partial charge on any atom is 0.245 e. The highest BCUT2D eigenvalue weighted by Crippen LogP contribution is 2.25. The van der Waals surface area contributed by atoms with E-state index in [1.54, 1.807) is 12.1 Å². The topological polar surface area (TPSA) is 83.6 Å². The molecule has 1 rings (SSSR count). The van der Waals surface area contributed by atoms with Crippen LogP contribution in [0, 0.1) is 0 Å². The number of anilines is 1. The predicted molar refractivity (Wildman–Crippen MR) is 74.7 cm³/mol. The molecular weight excluding hydrogens is 320 g/mol. The lowest BCUT2D eigenvalue weighted by molar-refractivity contribution is 0.253. The highest BCUT2D eigenvalue weighted by atomic mass is 79.9. The van der Waals surface area contributed by atoms with Gasteiger partial charge in [0.25, 0.3) is 0 Å². The van der Waals surface area contributed by atoms with Gasteiger partial charge in [0.15, 0.2) is 0 Å². The summed E-state index contributed by atoms with van der Waals surface area (Å²) >= 11 is 3.23. The molecular formula is C11H17BrN2O3S. The fourth-order valence-corrected chi connectivity index (χ4v) is 3.61. The molecule has 102 valence electrons. The molecule has 3 N–H and O–H groups in total. The second-order valence-corrected chi connectivity index (χ2v) is 6.63. The number of sulfonamides is 1. The number of aliphatic hydroxyl groups excluding tert-OH is 1. The van der Waals surface area contributed by atoms with Crippen LogP contribution < -0.4 is 5.73 Å². The zero-order valence-corrected chi connectivity index (χ0v) is 12.5. The standard InChI is InChI=1S/C11H17BrN2O3S/c1-2-5-14(6-7-15)18(16,17)11-4-3-9(12)8-10(11)13/h3-4,8,15H,2,5-7,13H2,1H3. The van der Waals surface area contributed by atoms with Gasteiger partial charge in [-0.1, -0.05) is 22.9 Å². The highest BCUT2D eigenvalue weighted by Gasteiger charge is 2.25. The molecule has 0 amide bonds. The molecule has 0 aliphatic heterocycles. The molecule has 7 heteroatoms. The van der Waals surface area contributed by atoms with Crippen molar-refractivity contribution < 1.29 is 13.5 Å². The van der Waals surface area contributed by atoms with Crippen molar-refractivity contribution in [2.45, 2.75) is 18.2 Å². The molecule has 1 aromatic rings. The third-order valence-corrected chi connectivity index (χ3v) is 4.88. The second-order valence-electron chi connectivity index (χ2n) is 3.81. The van der Waals surface area contributed by atoms with Gasteiger partial charge in [0.05, 0.1) is 12.3 Å². The van der Waals surface area contributed by atoms with E-state index < -0.39 is 10.0 Å². The van der Waals surface area contributed by atoms with Gasteiger partial charge in [0.1, 0.15) is 4.90 Å². The van der Waals surface area contributed by atoms with Crippen LogP contribution in [0.15, 0.2) is 27.6 Å². The Morgan fingerprint density at radius 1 is 1.39 bits per heavy atom. The third kappa shape index (κ3) is 3.44. The van der Waals surface area contributed by atoms with Gasteiger partial charge < -0.3 is 10.8 Å². The van der Waals surface area contributed by atoms with Crippen LogP contribution in [-0.4, -0.2) is 37.5 Å². The van der Waals surface area contributed by atoms with E-state index in [0.29, 0.717) is 13.0 Å². The van der Waals surface area contributed by atoms with Gasteiger partial charge >= 0.3 is 0 Å². The van der Waals surface area contributed by atoms with Crippen molar-refractivity contribution in [3.8, 4) is 0 Å². The van der Waals surface area contributed by atoms with Crippen molar-refractivity contribution in [1.29, 1.82) is 0 Å². The minimum absolute atomic E-state index is 0.0751. The Morgan fingerprint density at radius 2 is 2.06 bits per heavy atom. The molecule has 0 saturated carbocycles. The normalized spacial score (nSPS) is 12.0. The summed E-state index contributed by atoms with van der Waals surface area (Å²) in [7, 11) is -3.65. The van der Waals surface area contributed by atoms with E-state index in [2.05, 4.69) is 15.9 Å². The quantitative estimate of drug-likeness (QED) is 0.769. The van der Waals surface area contributed by atoms with Crippen molar-refractivity contribution in [1.82, 2.24) is 4.31 Å². The summed E-state index contributed by atoms with van der Waals surface area (Å²) in [4.78, 5) is 0.0765. The number of nitrogen functional groups attached to an aromatic ring is 1. The number of nitrogens with two attached hydrogens (primary N) is 1. The minimum atomic E-state index is -3.65. The Balaban J connectivity index is 3.17. The summed E-state index contributed by atoms with van der Waals surface area (Å²) in [5, 5.41) is 8.94. The first-order chi connectivity index (χ1) is 8.43. The molecule has 0 saturated heterocycles. The van der Waals surface area contributed by atoms with Crippen LogP contribution in [0.1, 0.15) is 13.3 Å². The van der Waals surface area contributed by atoms with Crippen LogP contribution in [-0.2, 0) is 10.0 Å². The van der Waals surface area contributed by atoms with Gasteiger partial charge in [0, 0.05) is 17.6 Å². The molecule has 1 aromatic carbocycles. The SMILES string of the molecule is CCCN(CCO)S(=O)(=O)c1ccc(Br)cc1N. The summed E-state index contributed by atoms with van der Waals surface area (Å²) in [6.45, 7) is 2.10. The lowest BCUT2D eigenvalue weighted by Gasteiger charge is -2.21. The Labute approximate surface area is 116 Å². The van der Waals surface area contributed by atoms with E-state index >= 15 is 0 Å². The fourth-order valence-electron chi connectivity index (χ4n) is 1.61. The lowest BCUT2D eigenvalue weighted by atomic mass is 10.3. The first-order valence-corrected chi connectivity index (χ1v) is 7.82. The molecule has 0 aromatic heterocycles. The maximum absolute atomic E-state index is 12.4. The van der Waals surface area contributed by atoms with E-state index in [9.17, 15) is 8.42 Å². The van der Waals surface area contributed by atoms with Gasteiger partial charge in [0.2, 0.25) is 10.0 Å². The Hall–Kier alpha value is -0.630. The van der Waals surface area contributed by atoms with E-state index in [0.717, 1.165) is 4.47 Å². The zero-order valence-electron chi connectivity index (χ0n) is 10.1. The van der Waals surface area contributed by atoms with Gasteiger partial charge in [-0.05, 0) is 24.6 Å². The number of rotatable bonds is 6. The fraction of sp³-hybridized carbons (Fsp3) is 0.455. The average molecular weight is 337 g/mol. The van der Waals surface area contributed by atoms with E-state index in [1.807, 2.05) is 6.92 Å². The van der Waals surface area contributed by atoms with E-state index in [1.165, 1.54) is 10.4 Å². The molecule has 0 unspecified atom stereocenters. The van der Waals surface area contributed by atoms with Crippen LogP contribution >= 0.6 is 15.9 Å². The van der Waals surface area contributed by atoms with Crippen molar-refractivity contribution in [2.24, 2.45) is 0 Å².